The predicted octanol–water partition coefficient (Wildman–Crippen LogP) is 3.55. The lowest BCUT2D eigenvalue weighted by molar-refractivity contribution is 0.158. The maximum Gasteiger partial charge on any atom is 0.217 e. The number of aromatic amines is 1. The number of hydrogen-bond donors (Lipinski definition) is 1. The van der Waals surface area contributed by atoms with Gasteiger partial charge in [-0.3, -0.25) is 14.4 Å². The van der Waals surface area contributed by atoms with Crippen LogP contribution in [-0.4, -0.2) is 47.4 Å². The highest BCUT2D eigenvalue weighted by atomic mass is 32.1. The summed E-state index contributed by atoms with van der Waals surface area (Å²) in [5.74, 6) is 2.36. The van der Waals surface area contributed by atoms with Gasteiger partial charge in [0, 0.05) is 25.2 Å². The largest absolute Gasteiger partial charge is 0.286 e. The van der Waals surface area contributed by atoms with Crippen LogP contribution >= 0.6 is 23.6 Å². The van der Waals surface area contributed by atoms with E-state index in [1.807, 2.05) is 40.5 Å². The molecule has 0 unspecified atom stereocenters. The Kier molecular flexibility index (Phi) is 4.35. The summed E-state index contributed by atoms with van der Waals surface area (Å²) in [6.45, 7) is 2.74. The van der Waals surface area contributed by atoms with Crippen LogP contribution in [0.15, 0.2) is 41.9 Å². The van der Waals surface area contributed by atoms with Crippen molar-refractivity contribution in [3.05, 3.63) is 52.5 Å². The van der Waals surface area contributed by atoms with Crippen molar-refractivity contribution in [3.63, 3.8) is 0 Å². The zero-order valence-corrected chi connectivity index (χ0v) is 16.3. The summed E-state index contributed by atoms with van der Waals surface area (Å²) in [5.41, 5.74) is 0.916. The van der Waals surface area contributed by atoms with E-state index in [0.29, 0.717) is 10.7 Å². The first-order valence-electron chi connectivity index (χ1n) is 9.01. The Morgan fingerprint density at radius 1 is 1.15 bits per heavy atom. The molecule has 27 heavy (non-hydrogen) atoms. The minimum Gasteiger partial charge on any atom is -0.286 e. The van der Waals surface area contributed by atoms with Crippen molar-refractivity contribution < 1.29 is 0 Å². The summed E-state index contributed by atoms with van der Waals surface area (Å²) < 4.78 is 4.67. The fourth-order valence-corrected chi connectivity index (χ4v) is 4.51. The van der Waals surface area contributed by atoms with Crippen molar-refractivity contribution >= 4 is 29.2 Å². The Balaban J connectivity index is 1.27. The second-order valence-electron chi connectivity index (χ2n) is 6.78. The molecule has 9 heteroatoms. The molecule has 1 N–H and O–H groups in total. The Hall–Kier alpha value is -2.36. The first-order valence-corrected chi connectivity index (χ1v) is 10.3. The molecule has 0 spiro atoms. The summed E-state index contributed by atoms with van der Waals surface area (Å²) >= 11 is 7.09. The van der Waals surface area contributed by atoms with Gasteiger partial charge in [0.05, 0.1) is 11.5 Å². The van der Waals surface area contributed by atoms with E-state index >= 15 is 0 Å². The Morgan fingerprint density at radius 3 is 2.85 bits per heavy atom. The van der Waals surface area contributed by atoms with E-state index in [9.17, 15) is 0 Å². The van der Waals surface area contributed by atoms with E-state index < -0.39 is 0 Å². The number of thiophene rings is 1. The predicted molar refractivity (Wildman–Crippen MR) is 107 cm³/mol. The van der Waals surface area contributed by atoms with Gasteiger partial charge in [0.2, 0.25) is 4.77 Å². The SMILES string of the molecule is S=c1nc(-c2cccs2)[nH]n1CN1CCC(c2nnc3ccccn23)CC1. The summed E-state index contributed by atoms with van der Waals surface area (Å²) in [6.07, 6.45) is 4.18. The Morgan fingerprint density at radius 2 is 2.04 bits per heavy atom. The fourth-order valence-electron chi connectivity index (χ4n) is 3.65. The van der Waals surface area contributed by atoms with E-state index in [0.717, 1.165) is 54.8 Å². The summed E-state index contributed by atoms with van der Waals surface area (Å²) in [7, 11) is 0. The number of rotatable bonds is 4. The molecule has 0 saturated carbocycles. The topological polar surface area (TPSA) is 67.0 Å². The molecule has 138 valence electrons. The molecule has 4 aromatic heterocycles. The van der Waals surface area contributed by atoms with Crippen molar-refractivity contribution in [1.29, 1.82) is 0 Å². The molecule has 0 bridgehead atoms. The van der Waals surface area contributed by atoms with Gasteiger partial charge in [0.25, 0.3) is 0 Å². The van der Waals surface area contributed by atoms with Gasteiger partial charge in [-0.05, 0) is 48.6 Å². The van der Waals surface area contributed by atoms with Crippen molar-refractivity contribution in [3.8, 4) is 10.7 Å². The van der Waals surface area contributed by atoms with Crippen LogP contribution in [0.5, 0.6) is 0 Å². The highest BCUT2D eigenvalue weighted by Gasteiger charge is 2.24. The minimum absolute atomic E-state index is 0.440. The smallest absolute Gasteiger partial charge is 0.217 e. The minimum atomic E-state index is 0.440. The van der Waals surface area contributed by atoms with E-state index in [4.69, 9.17) is 12.2 Å². The zero-order valence-electron chi connectivity index (χ0n) is 14.7. The molecule has 1 saturated heterocycles. The number of nitrogens with one attached hydrogen (secondary N) is 1. The van der Waals surface area contributed by atoms with Crippen molar-refractivity contribution in [2.75, 3.05) is 13.1 Å². The molecule has 0 aliphatic carbocycles. The van der Waals surface area contributed by atoms with E-state index in [1.54, 1.807) is 11.3 Å². The molecule has 5 heterocycles. The standard InChI is InChI=1S/C18H19N7S2/c26-18-19-16(14-4-3-11-27-14)22-25(18)12-23-9-6-13(7-10-23)17-21-20-15-5-1-2-8-24(15)17/h1-5,8,11,13H,6-7,9-10,12H2,(H,19,22,26). The molecule has 1 aliphatic heterocycles. The van der Waals surface area contributed by atoms with E-state index in [2.05, 4.69) is 35.6 Å². The molecule has 0 atom stereocenters. The second kappa shape index (κ2) is 6.99. The van der Waals surface area contributed by atoms with Gasteiger partial charge in [0.15, 0.2) is 11.5 Å². The lowest BCUT2D eigenvalue weighted by atomic mass is 9.96. The highest BCUT2D eigenvalue weighted by molar-refractivity contribution is 7.71. The normalized spacial score (nSPS) is 16.3. The van der Waals surface area contributed by atoms with Gasteiger partial charge in [-0.1, -0.05) is 12.1 Å². The molecule has 0 radical (unpaired) electrons. The number of hydrogen-bond acceptors (Lipinski definition) is 6. The monoisotopic (exact) mass is 397 g/mol. The highest BCUT2D eigenvalue weighted by Crippen LogP contribution is 2.27. The molecule has 4 aromatic rings. The van der Waals surface area contributed by atoms with Crippen molar-refractivity contribution in [1.82, 2.24) is 34.3 Å². The summed E-state index contributed by atoms with van der Waals surface area (Å²) in [4.78, 5) is 8.01. The molecule has 1 aliphatic rings. The zero-order chi connectivity index (χ0) is 18.2. The number of aromatic nitrogens is 6. The lowest BCUT2D eigenvalue weighted by Gasteiger charge is -2.30. The fraction of sp³-hybridized carbons (Fsp3) is 0.333. The molecule has 7 nitrogen and oxygen atoms in total. The quantitative estimate of drug-likeness (QED) is 0.534. The van der Waals surface area contributed by atoms with Crippen LogP contribution in [-0.2, 0) is 6.67 Å². The van der Waals surface area contributed by atoms with Gasteiger partial charge in [0.1, 0.15) is 5.82 Å². The summed E-state index contributed by atoms with van der Waals surface area (Å²) in [5, 5.41) is 14.1. The van der Waals surface area contributed by atoms with E-state index in [-0.39, 0.29) is 0 Å². The number of fused-ring (bicyclic) bond motifs is 1. The third-order valence-corrected chi connectivity index (χ3v) is 6.26. The van der Waals surface area contributed by atoms with Crippen LogP contribution in [0.1, 0.15) is 24.6 Å². The Labute approximate surface area is 165 Å². The maximum absolute atomic E-state index is 5.43. The van der Waals surface area contributed by atoms with Crippen LogP contribution in [0.4, 0.5) is 0 Å². The number of likely N-dealkylation sites (tertiary alicyclic amines) is 1. The van der Waals surface area contributed by atoms with Crippen LogP contribution in [0.25, 0.3) is 16.3 Å². The average Bonchev–Trinajstić information content (AvgIpc) is 3.43. The molecular formula is C18H19N7S2. The van der Waals surface area contributed by atoms with Crippen molar-refractivity contribution in [2.45, 2.75) is 25.4 Å². The lowest BCUT2D eigenvalue weighted by Crippen LogP contribution is -2.35. The van der Waals surface area contributed by atoms with Crippen LogP contribution in [0.3, 0.4) is 0 Å². The van der Waals surface area contributed by atoms with E-state index in [1.165, 1.54) is 0 Å². The van der Waals surface area contributed by atoms with Gasteiger partial charge in [-0.15, -0.1) is 21.5 Å². The first kappa shape index (κ1) is 16.8. The molecule has 0 amide bonds. The van der Waals surface area contributed by atoms with Crippen LogP contribution < -0.4 is 0 Å². The molecule has 1 fully saturated rings. The molecular weight excluding hydrogens is 378 g/mol. The third kappa shape index (κ3) is 3.22. The molecule has 5 rings (SSSR count). The van der Waals surface area contributed by atoms with Crippen LogP contribution in [0, 0.1) is 4.77 Å². The number of pyridine rings is 1. The van der Waals surface area contributed by atoms with Crippen LogP contribution in [0.2, 0.25) is 0 Å². The maximum atomic E-state index is 5.43. The first-order chi connectivity index (χ1) is 13.3. The average molecular weight is 398 g/mol. The summed E-state index contributed by atoms with van der Waals surface area (Å²) in [6, 6.07) is 10.1. The van der Waals surface area contributed by atoms with Gasteiger partial charge in [-0.25, -0.2) is 4.68 Å². The van der Waals surface area contributed by atoms with Gasteiger partial charge >= 0.3 is 0 Å². The third-order valence-electron chi connectivity index (χ3n) is 5.07. The number of piperidine rings is 1. The molecule has 0 aromatic carbocycles. The van der Waals surface area contributed by atoms with Crippen molar-refractivity contribution in [2.24, 2.45) is 0 Å². The number of nitrogens with zero attached hydrogens (tertiary/aromatic N) is 6. The number of H-pyrrole nitrogens is 1. The van der Waals surface area contributed by atoms with Gasteiger partial charge < -0.3 is 0 Å². The second-order valence-corrected chi connectivity index (χ2v) is 8.09. The Bertz CT molecular complexity index is 1100. The van der Waals surface area contributed by atoms with Gasteiger partial charge in [-0.2, -0.15) is 4.98 Å².